The Balaban J connectivity index is 1.21. The number of hydrogen-bond acceptors (Lipinski definition) is 4. The van der Waals surface area contributed by atoms with Crippen molar-refractivity contribution in [2.75, 3.05) is 37.6 Å². The largest absolute Gasteiger partial charge is 0.508 e. The quantitative estimate of drug-likeness (QED) is 0.577. The van der Waals surface area contributed by atoms with E-state index in [1.165, 1.54) is 11.3 Å². The van der Waals surface area contributed by atoms with Gasteiger partial charge in [0, 0.05) is 60.9 Å². The number of hydrogen-bond donors (Lipinski definition) is 2. The molecule has 0 spiro atoms. The van der Waals surface area contributed by atoms with E-state index in [0.29, 0.717) is 5.75 Å². The number of anilines is 1. The molecule has 2 aromatic carbocycles. The molecule has 1 fully saturated rings. The number of H-pyrrole nitrogens is 1. The molecule has 0 saturated carbocycles. The molecule has 0 bridgehead atoms. The average molecular weight is 361 g/mol. The zero-order chi connectivity index (χ0) is 18.2. The van der Waals surface area contributed by atoms with Crippen molar-refractivity contribution in [3.63, 3.8) is 0 Å². The summed E-state index contributed by atoms with van der Waals surface area (Å²) in [6.07, 6.45) is 4.81. The molecule has 2 N–H and O–H groups in total. The van der Waals surface area contributed by atoms with Crippen molar-refractivity contribution in [3.8, 4) is 5.75 Å². The molecular formula is C22H23N3O2. The fourth-order valence-corrected chi connectivity index (χ4v) is 4.03. The van der Waals surface area contributed by atoms with Gasteiger partial charge in [0.2, 0.25) is 0 Å². The molecule has 1 saturated heterocycles. The number of rotatable bonds is 4. The SMILES string of the molecule is Oc1ccc2[nH]cc(CCN3CCN(c4ccc5occc5c4)CC3)c2c1. The smallest absolute Gasteiger partial charge is 0.133 e. The molecule has 1 aliphatic rings. The van der Waals surface area contributed by atoms with Crippen molar-refractivity contribution in [1.82, 2.24) is 9.88 Å². The van der Waals surface area contributed by atoms with Gasteiger partial charge in [0.1, 0.15) is 11.3 Å². The predicted octanol–water partition coefficient (Wildman–Crippen LogP) is 3.98. The summed E-state index contributed by atoms with van der Waals surface area (Å²) in [6, 6.07) is 14.0. The fourth-order valence-electron chi connectivity index (χ4n) is 4.03. The Morgan fingerprint density at radius 1 is 1.00 bits per heavy atom. The van der Waals surface area contributed by atoms with E-state index in [1.807, 2.05) is 18.2 Å². The normalized spacial score (nSPS) is 15.8. The molecule has 5 nitrogen and oxygen atoms in total. The van der Waals surface area contributed by atoms with Crippen LogP contribution in [0.4, 0.5) is 5.69 Å². The molecule has 138 valence electrons. The first kappa shape index (κ1) is 16.3. The zero-order valence-corrected chi connectivity index (χ0v) is 15.2. The number of phenols is 1. The van der Waals surface area contributed by atoms with E-state index < -0.39 is 0 Å². The van der Waals surface area contributed by atoms with Crippen LogP contribution >= 0.6 is 0 Å². The maximum Gasteiger partial charge on any atom is 0.133 e. The first-order valence-corrected chi connectivity index (χ1v) is 9.50. The number of phenolic OH excluding ortho intramolecular Hbond substituents is 1. The number of piperazine rings is 1. The van der Waals surface area contributed by atoms with Crippen molar-refractivity contribution in [3.05, 3.63) is 60.5 Å². The van der Waals surface area contributed by atoms with Crippen LogP contribution in [0, 0.1) is 0 Å². The Bertz CT molecular complexity index is 1070. The summed E-state index contributed by atoms with van der Waals surface area (Å²) in [6.45, 7) is 5.25. The van der Waals surface area contributed by atoms with E-state index in [0.717, 1.165) is 61.0 Å². The number of furan rings is 1. The van der Waals surface area contributed by atoms with Crippen LogP contribution in [0.5, 0.6) is 5.75 Å². The molecule has 0 unspecified atom stereocenters. The van der Waals surface area contributed by atoms with Crippen LogP contribution in [-0.2, 0) is 6.42 Å². The summed E-state index contributed by atoms with van der Waals surface area (Å²) in [5.41, 5.74) is 4.58. The van der Waals surface area contributed by atoms with Crippen LogP contribution in [0.3, 0.4) is 0 Å². The van der Waals surface area contributed by atoms with Crippen LogP contribution in [0.25, 0.3) is 21.9 Å². The van der Waals surface area contributed by atoms with Gasteiger partial charge in [-0.15, -0.1) is 0 Å². The van der Waals surface area contributed by atoms with Crippen LogP contribution in [0.15, 0.2) is 59.3 Å². The Hall–Kier alpha value is -2.92. The second-order valence-corrected chi connectivity index (χ2v) is 7.27. The van der Waals surface area contributed by atoms with Gasteiger partial charge in [-0.3, -0.25) is 4.90 Å². The van der Waals surface area contributed by atoms with Gasteiger partial charge in [0.25, 0.3) is 0 Å². The van der Waals surface area contributed by atoms with Crippen molar-refractivity contribution in [2.45, 2.75) is 6.42 Å². The highest BCUT2D eigenvalue weighted by Gasteiger charge is 2.18. The number of nitrogens with one attached hydrogen (secondary N) is 1. The van der Waals surface area contributed by atoms with Gasteiger partial charge in [0.05, 0.1) is 6.26 Å². The van der Waals surface area contributed by atoms with E-state index in [1.54, 1.807) is 12.3 Å². The van der Waals surface area contributed by atoms with Crippen LogP contribution in [-0.4, -0.2) is 47.7 Å². The Labute approximate surface area is 157 Å². The summed E-state index contributed by atoms with van der Waals surface area (Å²) in [4.78, 5) is 8.27. The van der Waals surface area contributed by atoms with Crippen molar-refractivity contribution in [1.29, 1.82) is 0 Å². The number of aromatic amines is 1. The van der Waals surface area contributed by atoms with E-state index in [9.17, 15) is 5.11 Å². The number of aromatic hydroxyl groups is 1. The lowest BCUT2D eigenvalue weighted by Gasteiger charge is -2.36. The number of aromatic nitrogens is 1. The van der Waals surface area contributed by atoms with Crippen LogP contribution in [0.1, 0.15) is 5.56 Å². The Morgan fingerprint density at radius 2 is 1.89 bits per heavy atom. The second kappa shape index (κ2) is 6.67. The van der Waals surface area contributed by atoms with Crippen LogP contribution in [0.2, 0.25) is 0 Å². The predicted molar refractivity (Wildman–Crippen MR) is 109 cm³/mol. The molecule has 0 amide bonds. The topological polar surface area (TPSA) is 55.6 Å². The summed E-state index contributed by atoms with van der Waals surface area (Å²) < 4.78 is 5.44. The van der Waals surface area contributed by atoms with Crippen molar-refractivity contribution >= 4 is 27.6 Å². The Kier molecular flexibility index (Phi) is 4.02. The molecule has 4 aromatic rings. The lowest BCUT2D eigenvalue weighted by molar-refractivity contribution is 0.261. The minimum atomic E-state index is 0.326. The fraction of sp³-hybridized carbons (Fsp3) is 0.273. The van der Waals surface area contributed by atoms with Gasteiger partial charge in [-0.05, 0) is 54.4 Å². The van der Waals surface area contributed by atoms with E-state index >= 15 is 0 Å². The third-order valence-electron chi connectivity index (χ3n) is 5.62. The van der Waals surface area contributed by atoms with E-state index in [-0.39, 0.29) is 0 Å². The van der Waals surface area contributed by atoms with Gasteiger partial charge in [-0.1, -0.05) is 0 Å². The monoisotopic (exact) mass is 361 g/mol. The molecule has 2 aromatic heterocycles. The summed E-state index contributed by atoms with van der Waals surface area (Å²) in [5.74, 6) is 0.326. The maximum absolute atomic E-state index is 9.74. The van der Waals surface area contributed by atoms with Crippen molar-refractivity contribution < 1.29 is 9.52 Å². The highest BCUT2D eigenvalue weighted by Crippen LogP contribution is 2.25. The summed E-state index contributed by atoms with van der Waals surface area (Å²) in [5, 5.41) is 12.0. The summed E-state index contributed by atoms with van der Waals surface area (Å²) in [7, 11) is 0. The molecular weight excluding hydrogens is 338 g/mol. The average Bonchev–Trinajstić information content (AvgIpc) is 3.32. The van der Waals surface area contributed by atoms with Crippen molar-refractivity contribution in [2.24, 2.45) is 0 Å². The third kappa shape index (κ3) is 3.15. The number of benzene rings is 2. The summed E-state index contributed by atoms with van der Waals surface area (Å²) >= 11 is 0. The minimum absolute atomic E-state index is 0.326. The maximum atomic E-state index is 9.74. The molecule has 1 aliphatic heterocycles. The molecule has 5 rings (SSSR count). The van der Waals surface area contributed by atoms with Gasteiger partial charge < -0.3 is 19.4 Å². The number of fused-ring (bicyclic) bond motifs is 2. The molecule has 0 aliphatic carbocycles. The first-order valence-electron chi connectivity index (χ1n) is 9.50. The lowest BCUT2D eigenvalue weighted by Crippen LogP contribution is -2.46. The highest BCUT2D eigenvalue weighted by atomic mass is 16.3. The van der Waals surface area contributed by atoms with Gasteiger partial charge in [-0.25, -0.2) is 0 Å². The number of nitrogens with zero attached hydrogens (tertiary/aromatic N) is 2. The first-order chi connectivity index (χ1) is 13.3. The molecule has 3 heterocycles. The Morgan fingerprint density at radius 3 is 2.78 bits per heavy atom. The highest BCUT2D eigenvalue weighted by molar-refractivity contribution is 5.84. The molecule has 27 heavy (non-hydrogen) atoms. The van der Waals surface area contributed by atoms with E-state index in [4.69, 9.17) is 4.42 Å². The minimum Gasteiger partial charge on any atom is -0.508 e. The zero-order valence-electron chi connectivity index (χ0n) is 15.2. The molecule has 0 radical (unpaired) electrons. The van der Waals surface area contributed by atoms with Gasteiger partial charge in [-0.2, -0.15) is 0 Å². The van der Waals surface area contributed by atoms with Gasteiger partial charge in [0.15, 0.2) is 0 Å². The van der Waals surface area contributed by atoms with E-state index in [2.05, 4.69) is 39.2 Å². The lowest BCUT2D eigenvalue weighted by atomic mass is 10.1. The molecule has 5 heteroatoms. The second-order valence-electron chi connectivity index (χ2n) is 7.27. The third-order valence-corrected chi connectivity index (χ3v) is 5.62. The standard InChI is InChI=1S/C22H23N3O2/c26-19-2-3-21-20(14-19)17(15-23-21)5-7-24-8-10-25(11-9-24)18-1-4-22-16(13-18)6-12-27-22/h1-4,6,12-15,23,26H,5,7-11H2. The van der Waals surface area contributed by atoms with Crippen LogP contribution < -0.4 is 4.90 Å². The van der Waals surface area contributed by atoms with Gasteiger partial charge >= 0.3 is 0 Å². The molecule has 0 atom stereocenters.